The summed E-state index contributed by atoms with van der Waals surface area (Å²) in [4.78, 5) is 14.8. The predicted molar refractivity (Wildman–Crippen MR) is 148 cm³/mol. The number of carbonyl (C=O) groups is 1. The molecule has 2 heterocycles. The molecule has 1 saturated heterocycles. The fourth-order valence-corrected chi connectivity index (χ4v) is 6.91. The molecule has 7 nitrogen and oxygen atoms in total. The molecule has 0 aliphatic carbocycles. The van der Waals surface area contributed by atoms with Crippen molar-refractivity contribution in [2.24, 2.45) is 4.40 Å². The van der Waals surface area contributed by atoms with Gasteiger partial charge in [0.1, 0.15) is 4.21 Å². The highest BCUT2D eigenvalue weighted by Gasteiger charge is 2.34. The highest BCUT2D eigenvalue weighted by Crippen LogP contribution is 2.36. The third kappa shape index (κ3) is 7.60. The second-order valence-electron chi connectivity index (χ2n) is 8.32. The van der Waals surface area contributed by atoms with Crippen LogP contribution in [0.25, 0.3) is 6.08 Å². The molecule has 0 unspecified atom stereocenters. The summed E-state index contributed by atoms with van der Waals surface area (Å²) in [6.07, 6.45) is 10.1. The van der Waals surface area contributed by atoms with Gasteiger partial charge in [-0.3, -0.25) is 9.69 Å². The number of ether oxygens (including phenoxy) is 2. The van der Waals surface area contributed by atoms with Crippen LogP contribution in [0.5, 0.6) is 11.5 Å². The Morgan fingerprint density at radius 1 is 1.03 bits per heavy atom. The molecule has 36 heavy (non-hydrogen) atoms. The molecular formula is C26H34N2O5S3. The minimum Gasteiger partial charge on any atom is -0.493 e. The zero-order valence-corrected chi connectivity index (χ0v) is 23.5. The van der Waals surface area contributed by atoms with Gasteiger partial charge >= 0.3 is 0 Å². The van der Waals surface area contributed by atoms with E-state index in [1.807, 2.05) is 18.2 Å². The van der Waals surface area contributed by atoms with Crippen molar-refractivity contribution < 1.29 is 22.7 Å². The van der Waals surface area contributed by atoms with Crippen molar-refractivity contribution in [2.45, 2.75) is 63.0 Å². The summed E-state index contributed by atoms with van der Waals surface area (Å²) in [5.74, 6) is 0.976. The zero-order chi connectivity index (χ0) is 26.0. The molecule has 0 spiro atoms. The number of unbranched alkanes of at least 4 members (excludes halogenated alkanes) is 6. The number of carbonyl (C=O) groups excluding carboxylic acids is 1. The van der Waals surface area contributed by atoms with Crippen LogP contribution in [0.15, 0.2) is 49.2 Å². The monoisotopic (exact) mass is 550 g/mol. The van der Waals surface area contributed by atoms with Crippen molar-refractivity contribution in [3.05, 3.63) is 46.2 Å². The number of amidine groups is 1. The molecule has 1 aromatic heterocycles. The Morgan fingerprint density at radius 3 is 2.44 bits per heavy atom. The Balaban J connectivity index is 1.71. The number of sulfonamides is 1. The van der Waals surface area contributed by atoms with Gasteiger partial charge in [-0.25, -0.2) is 0 Å². The average Bonchev–Trinajstić information content (AvgIpc) is 3.50. The van der Waals surface area contributed by atoms with Crippen molar-refractivity contribution >= 4 is 50.3 Å². The first-order valence-electron chi connectivity index (χ1n) is 12.3. The number of nitrogens with zero attached hydrogens (tertiary/aromatic N) is 2. The van der Waals surface area contributed by atoms with Gasteiger partial charge in [0.05, 0.1) is 18.6 Å². The van der Waals surface area contributed by atoms with E-state index in [0.29, 0.717) is 29.6 Å². The van der Waals surface area contributed by atoms with Crippen LogP contribution in [0.2, 0.25) is 0 Å². The van der Waals surface area contributed by atoms with Crippen LogP contribution < -0.4 is 9.47 Å². The fourth-order valence-electron chi connectivity index (χ4n) is 3.70. The molecule has 1 aliphatic rings. The molecule has 3 rings (SSSR count). The molecule has 10 heteroatoms. The van der Waals surface area contributed by atoms with Crippen molar-refractivity contribution in [3.63, 3.8) is 0 Å². The van der Waals surface area contributed by atoms with E-state index in [9.17, 15) is 13.2 Å². The number of amides is 1. The van der Waals surface area contributed by atoms with Gasteiger partial charge in [0.25, 0.3) is 15.9 Å². The Hall–Kier alpha value is -2.30. The summed E-state index contributed by atoms with van der Waals surface area (Å²) in [5.41, 5.74) is 0.764. The minimum atomic E-state index is -3.87. The lowest BCUT2D eigenvalue weighted by Crippen LogP contribution is -2.29. The number of benzene rings is 1. The van der Waals surface area contributed by atoms with Crippen molar-refractivity contribution in [2.75, 3.05) is 20.3 Å². The first-order chi connectivity index (χ1) is 17.4. The Bertz CT molecular complexity index is 1170. The van der Waals surface area contributed by atoms with Crippen LogP contribution in [0.1, 0.15) is 64.4 Å². The number of hydrogen-bond acceptors (Lipinski definition) is 7. The summed E-state index contributed by atoms with van der Waals surface area (Å²) in [5, 5.41) is 1.84. The molecule has 1 aromatic carbocycles. The van der Waals surface area contributed by atoms with Gasteiger partial charge in [-0.15, -0.1) is 15.7 Å². The molecule has 1 aliphatic heterocycles. The second kappa shape index (κ2) is 13.9. The molecule has 0 radical (unpaired) electrons. The highest BCUT2D eigenvalue weighted by atomic mass is 32.2. The first kappa shape index (κ1) is 28.3. The van der Waals surface area contributed by atoms with E-state index in [1.54, 1.807) is 31.6 Å². The molecular weight excluding hydrogens is 516 g/mol. The quantitative estimate of drug-likeness (QED) is 0.195. The molecule has 2 aromatic rings. The molecule has 0 bridgehead atoms. The average molecular weight is 551 g/mol. The topological polar surface area (TPSA) is 85.3 Å². The lowest BCUT2D eigenvalue weighted by Gasteiger charge is -2.12. The van der Waals surface area contributed by atoms with Gasteiger partial charge in [0.2, 0.25) is 0 Å². The van der Waals surface area contributed by atoms with Crippen LogP contribution in [0, 0.1) is 0 Å². The standard InChI is InChI=1S/C26H34N2O5S3/c1-4-6-7-8-9-10-11-16-33-22-18-20(14-15-21(22)32-3)19-23-25(29)28(5-2)26(35-23)27-36(30,31)24-13-12-17-34-24/h12-15,17-19H,4-11,16H2,1-3H3/b23-19-,27-26+. The molecule has 1 fully saturated rings. The SMILES string of the molecule is CCCCCCCCCOc1cc(/C=C2\S/C(=N/S(=O)(=O)c3cccs3)N(CC)C2=O)ccc1OC. The molecule has 1 amide bonds. The van der Waals surface area contributed by atoms with Crippen LogP contribution in [-0.4, -0.2) is 44.7 Å². The van der Waals surface area contributed by atoms with E-state index < -0.39 is 10.0 Å². The van der Waals surface area contributed by atoms with Crippen LogP contribution >= 0.6 is 23.1 Å². The number of rotatable bonds is 14. The maximum Gasteiger partial charge on any atom is 0.294 e. The molecule has 0 saturated carbocycles. The van der Waals surface area contributed by atoms with E-state index in [4.69, 9.17) is 9.47 Å². The lowest BCUT2D eigenvalue weighted by molar-refractivity contribution is -0.122. The Labute approximate surface area is 222 Å². The predicted octanol–water partition coefficient (Wildman–Crippen LogP) is 6.57. The maximum absolute atomic E-state index is 13.0. The lowest BCUT2D eigenvalue weighted by atomic mass is 10.1. The van der Waals surface area contributed by atoms with Crippen molar-refractivity contribution in [1.29, 1.82) is 0 Å². The van der Waals surface area contributed by atoms with Crippen LogP contribution in [-0.2, 0) is 14.8 Å². The number of likely N-dealkylation sites (N-methyl/N-ethyl adjacent to an activating group) is 1. The van der Waals surface area contributed by atoms with E-state index in [0.717, 1.165) is 41.5 Å². The van der Waals surface area contributed by atoms with Crippen molar-refractivity contribution in [3.8, 4) is 11.5 Å². The smallest absolute Gasteiger partial charge is 0.294 e. The van der Waals surface area contributed by atoms with Crippen LogP contribution in [0.4, 0.5) is 0 Å². The molecule has 0 N–H and O–H groups in total. The maximum atomic E-state index is 13.0. The van der Waals surface area contributed by atoms with E-state index in [2.05, 4.69) is 11.3 Å². The van der Waals surface area contributed by atoms with Crippen molar-refractivity contribution in [1.82, 2.24) is 4.90 Å². The molecule has 0 atom stereocenters. The van der Waals surface area contributed by atoms with E-state index in [1.165, 1.54) is 43.1 Å². The summed E-state index contributed by atoms with van der Waals surface area (Å²) in [7, 11) is -2.28. The normalized spacial score (nSPS) is 16.3. The van der Waals surface area contributed by atoms with Gasteiger partial charge in [0, 0.05) is 6.54 Å². The van der Waals surface area contributed by atoms with Gasteiger partial charge in [-0.1, -0.05) is 57.6 Å². The van der Waals surface area contributed by atoms with Gasteiger partial charge in [0.15, 0.2) is 16.7 Å². The van der Waals surface area contributed by atoms with Gasteiger partial charge in [-0.05, 0) is 60.3 Å². The van der Waals surface area contributed by atoms with Gasteiger partial charge in [-0.2, -0.15) is 8.42 Å². The largest absolute Gasteiger partial charge is 0.493 e. The van der Waals surface area contributed by atoms with E-state index in [-0.39, 0.29) is 15.3 Å². The van der Waals surface area contributed by atoms with E-state index >= 15 is 0 Å². The minimum absolute atomic E-state index is 0.148. The number of hydrogen-bond donors (Lipinski definition) is 0. The number of thioether (sulfide) groups is 1. The first-order valence-corrected chi connectivity index (χ1v) is 15.4. The molecule has 196 valence electrons. The second-order valence-corrected chi connectivity index (χ2v) is 12.1. The Morgan fingerprint density at radius 2 is 1.78 bits per heavy atom. The third-order valence-corrected chi connectivity index (χ3v) is 9.40. The zero-order valence-electron chi connectivity index (χ0n) is 21.1. The third-order valence-electron chi connectivity index (χ3n) is 5.64. The summed E-state index contributed by atoms with van der Waals surface area (Å²) in [6.45, 7) is 4.92. The summed E-state index contributed by atoms with van der Waals surface area (Å²) in [6, 6.07) is 8.65. The summed E-state index contributed by atoms with van der Waals surface area (Å²) >= 11 is 2.16. The van der Waals surface area contributed by atoms with Gasteiger partial charge < -0.3 is 9.47 Å². The van der Waals surface area contributed by atoms with Crippen LogP contribution in [0.3, 0.4) is 0 Å². The fraction of sp³-hybridized carbons (Fsp3) is 0.462. The Kier molecular flexibility index (Phi) is 10.9. The number of thiophene rings is 1. The number of methoxy groups -OCH3 is 1. The summed E-state index contributed by atoms with van der Waals surface area (Å²) < 4.78 is 40.8. The highest BCUT2D eigenvalue weighted by molar-refractivity contribution is 8.19.